The van der Waals surface area contributed by atoms with Gasteiger partial charge in [0.1, 0.15) is 11.8 Å². The molecule has 0 bridgehead atoms. The van der Waals surface area contributed by atoms with Crippen LogP contribution in [0.25, 0.3) is 0 Å². The minimum absolute atomic E-state index is 0.0790. The van der Waals surface area contributed by atoms with Crippen molar-refractivity contribution in [2.45, 2.75) is 45.7 Å². The number of amides is 2. The van der Waals surface area contributed by atoms with Crippen molar-refractivity contribution in [3.8, 4) is 5.75 Å². The van der Waals surface area contributed by atoms with Crippen LogP contribution in [0, 0.1) is 6.92 Å². The third-order valence-corrected chi connectivity index (χ3v) is 5.91. The number of nitrogens with one attached hydrogen (secondary N) is 1. The summed E-state index contributed by atoms with van der Waals surface area (Å²) >= 11 is 0. The third kappa shape index (κ3) is 6.95. The Bertz CT molecular complexity index is 1080. The Morgan fingerprint density at radius 1 is 0.941 bits per heavy atom. The first-order valence-electron chi connectivity index (χ1n) is 11.8. The molecule has 1 N–H and O–H groups in total. The van der Waals surface area contributed by atoms with E-state index in [4.69, 9.17) is 4.74 Å². The Kier molecular flexibility index (Phi) is 9.27. The van der Waals surface area contributed by atoms with Crippen LogP contribution in [0.2, 0.25) is 0 Å². The molecule has 0 fully saturated rings. The van der Waals surface area contributed by atoms with Crippen LogP contribution in [-0.4, -0.2) is 36.4 Å². The molecule has 34 heavy (non-hydrogen) atoms. The largest absolute Gasteiger partial charge is 0.497 e. The molecule has 0 aliphatic carbocycles. The Hall–Kier alpha value is -3.60. The molecule has 5 nitrogen and oxygen atoms in total. The molecule has 3 aromatic rings. The second kappa shape index (κ2) is 12.6. The molecule has 0 aliphatic heterocycles. The van der Waals surface area contributed by atoms with E-state index in [0.717, 1.165) is 34.4 Å². The van der Waals surface area contributed by atoms with Gasteiger partial charge in [-0.15, -0.1) is 0 Å². The number of ether oxygens (including phenoxy) is 1. The third-order valence-electron chi connectivity index (χ3n) is 5.91. The zero-order valence-corrected chi connectivity index (χ0v) is 20.3. The quantitative estimate of drug-likeness (QED) is 0.453. The lowest BCUT2D eigenvalue weighted by atomic mass is 10.00. The van der Waals surface area contributed by atoms with Crippen LogP contribution in [0.5, 0.6) is 5.75 Å². The molecule has 0 heterocycles. The lowest BCUT2D eigenvalue weighted by Gasteiger charge is -2.32. The molecule has 0 unspecified atom stereocenters. The van der Waals surface area contributed by atoms with Gasteiger partial charge in [-0.1, -0.05) is 73.7 Å². The minimum Gasteiger partial charge on any atom is -0.497 e. The molecule has 5 heteroatoms. The van der Waals surface area contributed by atoms with Gasteiger partial charge in [-0.05, 0) is 47.7 Å². The van der Waals surface area contributed by atoms with Crippen molar-refractivity contribution in [3.05, 3.63) is 101 Å². The average Bonchev–Trinajstić information content (AvgIpc) is 2.86. The normalized spacial score (nSPS) is 11.5. The Morgan fingerprint density at radius 2 is 1.65 bits per heavy atom. The maximum atomic E-state index is 13.7. The first-order valence-corrected chi connectivity index (χ1v) is 11.8. The lowest BCUT2D eigenvalue weighted by Crippen LogP contribution is -2.51. The summed E-state index contributed by atoms with van der Waals surface area (Å²) in [5.74, 6) is 0.510. The van der Waals surface area contributed by atoms with Crippen molar-refractivity contribution in [1.29, 1.82) is 0 Å². The fourth-order valence-corrected chi connectivity index (χ4v) is 3.96. The fraction of sp³-hybridized carbons (Fsp3) is 0.310. The standard InChI is InChI=1S/C29H34N2O3/c1-4-17-30-29(33)27(19-23-12-6-5-7-13-23)31(21-24-14-10-16-26(18-24)34-3)28(32)20-25-15-9-8-11-22(25)2/h5-16,18,27H,4,17,19-21H2,1-3H3,(H,30,33)/t27-/m1/s1. The van der Waals surface area contributed by atoms with Gasteiger partial charge in [0.25, 0.3) is 0 Å². The van der Waals surface area contributed by atoms with Crippen LogP contribution in [0.1, 0.15) is 35.6 Å². The number of carbonyl (C=O) groups is 2. The van der Waals surface area contributed by atoms with E-state index < -0.39 is 6.04 Å². The van der Waals surface area contributed by atoms with E-state index >= 15 is 0 Å². The van der Waals surface area contributed by atoms with Crippen molar-refractivity contribution in [3.63, 3.8) is 0 Å². The van der Waals surface area contributed by atoms with Gasteiger partial charge >= 0.3 is 0 Å². The molecule has 0 aliphatic rings. The Labute approximate surface area is 202 Å². The monoisotopic (exact) mass is 458 g/mol. The van der Waals surface area contributed by atoms with Crippen molar-refractivity contribution < 1.29 is 14.3 Å². The second-order valence-corrected chi connectivity index (χ2v) is 8.47. The van der Waals surface area contributed by atoms with Crippen molar-refractivity contribution in [2.24, 2.45) is 0 Å². The maximum absolute atomic E-state index is 13.7. The number of carbonyl (C=O) groups excluding carboxylic acids is 2. The minimum atomic E-state index is -0.628. The molecule has 2 amide bonds. The van der Waals surface area contributed by atoms with Crippen LogP contribution in [0.3, 0.4) is 0 Å². The SMILES string of the molecule is CCCNC(=O)[C@@H](Cc1ccccc1)N(Cc1cccc(OC)c1)C(=O)Cc1ccccc1C. The molecule has 178 valence electrons. The average molecular weight is 459 g/mol. The van der Waals surface area contributed by atoms with Gasteiger partial charge in [0.05, 0.1) is 13.5 Å². The maximum Gasteiger partial charge on any atom is 0.243 e. The van der Waals surface area contributed by atoms with Gasteiger partial charge in [-0.25, -0.2) is 0 Å². The molecular formula is C29H34N2O3. The predicted molar refractivity (Wildman–Crippen MR) is 136 cm³/mol. The van der Waals surface area contributed by atoms with E-state index in [9.17, 15) is 9.59 Å². The number of hydrogen-bond donors (Lipinski definition) is 1. The zero-order chi connectivity index (χ0) is 24.3. The van der Waals surface area contributed by atoms with E-state index in [1.54, 1.807) is 12.0 Å². The van der Waals surface area contributed by atoms with Gasteiger partial charge in [0.15, 0.2) is 0 Å². The molecule has 3 rings (SSSR count). The number of methoxy groups -OCH3 is 1. The van der Waals surface area contributed by atoms with E-state index in [0.29, 0.717) is 19.5 Å². The van der Waals surface area contributed by atoms with Gasteiger partial charge in [-0.3, -0.25) is 9.59 Å². The highest BCUT2D eigenvalue weighted by atomic mass is 16.5. The molecule has 3 aromatic carbocycles. The van der Waals surface area contributed by atoms with Crippen LogP contribution in [0.15, 0.2) is 78.9 Å². The van der Waals surface area contributed by atoms with Gasteiger partial charge in [-0.2, -0.15) is 0 Å². The van der Waals surface area contributed by atoms with Crippen molar-refractivity contribution in [2.75, 3.05) is 13.7 Å². The summed E-state index contributed by atoms with van der Waals surface area (Å²) in [4.78, 5) is 28.8. The number of hydrogen-bond acceptors (Lipinski definition) is 3. The van der Waals surface area contributed by atoms with Crippen LogP contribution < -0.4 is 10.1 Å². The van der Waals surface area contributed by atoms with Crippen LogP contribution in [-0.2, 0) is 29.0 Å². The lowest BCUT2D eigenvalue weighted by molar-refractivity contribution is -0.140. The first-order chi connectivity index (χ1) is 16.5. The second-order valence-electron chi connectivity index (χ2n) is 8.47. The van der Waals surface area contributed by atoms with Crippen LogP contribution >= 0.6 is 0 Å². The summed E-state index contributed by atoms with van der Waals surface area (Å²) in [6, 6.07) is 24.8. The highest BCUT2D eigenvalue weighted by Crippen LogP contribution is 2.20. The van der Waals surface area contributed by atoms with Gasteiger partial charge < -0.3 is 15.0 Å². The summed E-state index contributed by atoms with van der Waals surface area (Å²) in [7, 11) is 1.62. The summed E-state index contributed by atoms with van der Waals surface area (Å²) < 4.78 is 5.38. The Morgan fingerprint density at radius 3 is 2.35 bits per heavy atom. The topological polar surface area (TPSA) is 58.6 Å². The summed E-state index contributed by atoms with van der Waals surface area (Å²) in [5, 5.41) is 3.01. The number of aryl methyl sites for hydroxylation is 1. The van der Waals surface area contributed by atoms with Crippen LogP contribution in [0.4, 0.5) is 0 Å². The number of benzene rings is 3. The smallest absolute Gasteiger partial charge is 0.243 e. The highest BCUT2D eigenvalue weighted by molar-refractivity contribution is 5.89. The van der Waals surface area contributed by atoms with E-state index in [-0.39, 0.29) is 18.2 Å². The molecule has 0 spiro atoms. The summed E-state index contributed by atoms with van der Waals surface area (Å²) in [5.41, 5.74) is 3.96. The van der Waals surface area contributed by atoms with Crippen molar-refractivity contribution >= 4 is 11.8 Å². The van der Waals surface area contributed by atoms with E-state index in [1.807, 2.05) is 92.7 Å². The van der Waals surface area contributed by atoms with E-state index in [2.05, 4.69) is 5.32 Å². The Balaban J connectivity index is 1.97. The molecule has 0 aromatic heterocycles. The number of rotatable bonds is 11. The molecule has 0 saturated carbocycles. The fourth-order valence-electron chi connectivity index (χ4n) is 3.96. The molecular weight excluding hydrogens is 424 g/mol. The predicted octanol–water partition coefficient (Wildman–Crippen LogP) is 4.71. The van der Waals surface area contributed by atoms with Crippen molar-refractivity contribution in [1.82, 2.24) is 10.2 Å². The zero-order valence-electron chi connectivity index (χ0n) is 20.3. The molecule has 0 radical (unpaired) electrons. The number of nitrogens with zero attached hydrogens (tertiary/aromatic N) is 1. The van der Waals surface area contributed by atoms with Gasteiger partial charge in [0, 0.05) is 19.5 Å². The highest BCUT2D eigenvalue weighted by Gasteiger charge is 2.30. The van der Waals surface area contributed by atoms with E-state index in [1.165, 1.54) is 0 Å². The summed E-state index contributed by atoms with van der Waals surface area (Å²) in [6.07, 6.45) is 1.51. The molecule has 1 atom stereocenters. The first kappa shape index (κ1) is 25.0. The van der Waals surface area contributed by atoms with Gasteiger partial charge in [0.2, 0.25) is 11.8 Å². The summed E-state index contributed by atoms with van der Waals surface area (Å²) in [6.45, 7) is 4.91. The molecule has 0 saturated heterocycles.